The average molecular weight is 288 g/mol. The van der Waals surface area contributed by atoms with Crippen LogP contribution >= 0.6 is 0 Å². The van der Waals surface area contributed by atoms with Gasteiger partial charge in [0.05, 0.1) is 26.2 Å². The van der Waals surface area contributed by atoms with Crippen molar-refractivity contribution in [2.75, 3.05) is 14.1 Å². The highest BCUT2D eigenvalue weighted by Gasteiger charge is 2.50. The van der Waals surface area contributed by atoms with Gasteiger partial charge in [-0.15, -0.1) is 0 Å². The van der Waals surface area contributed by atoms with Crippen molar-refractivity contribution in [3.05, 3.63) is 35.9 Å². The fourth-order valence-electron chi connectivity index (χ4n) is 3.84. The molecule has 4 heteroatoms. The van der Waals surface area contributed by atoms with E-state index in [9.17, 15) is 9.59 Å². The standard InChI is InChI=1S/C17H22NO3/c1-18(2)13-8-9-14(18)11-15(10-13)21-17(20)16(19)12-6-4-3-5-7-12/h3-7,13-15H,8-11H2,1-2H3/q+1. The molecule has 21 heavy (non-hydrogen) atoms. The van der Waals surface area contributed by atoms with Crippen molar-refractivity contribution in [1.29, 1.82) is 0 Å². The Labute approximate surface area is 125 Å². The molecule has 2 saturated heterocycles. The van der Waals surface area contributed by atoms with E-state index in [1.165, 1.54) is 12.8 Å². The van der Waals surface area contributed by atoms with Crippen molar-refractivity contribution in [3.63, 3.8) is 0 Å². The van der Waals surface area contributed by atoms with Crippen LogP contribution in [0.3, 0.4) is 0 Å². The van der Waals surface area contributed by atoms with Gasteiger partial charge in [-0.1, -0.05) is 30.3 Å². The first-order valence-corrected chi connectivity index (χ1v) is 7.62. The molecular weight excluding hydrogens is 266 g/mol. The molecule has 2 aliphatic heterocycles. The minimum Gasteiger partial charge on any atom is -0.456 e. The quantitative estimate of drug-likeness (QED) is 0.370. The van der Waals surface area contributed by atoms with Crippen molar-refractivity contribution in [3.8, 4) is 0 Å². The molecule has 1 aromatic rings. The number of carbonyl (C=O) groups excluding carboxylic acids is 2. The van der Waals surface area contributed by atoms with Gasteiger partial charge in [0.1, 0.15) is 6.10 Å². The first-order valence-electron chi connectivity index (χ1n) is 7.62. The largest absolute Gasteiger partial charge is 0.456 e. The Morgan fingerprint density at radius 3 is 2.19 bits per heavy atom. The van der Waals surface area contributed by atoms with Crippen LogP contribution in [0, 0.1) is 0 Å². The first-order chi connectivity index (χ1) is 9.98. The summed E-state index contributed by atoms with van der Waals surface area (Å²) in [5, 5.41) is 0. The second kappa shape index (κ2) is 5.26. The Bertz CT molecular complexity index is 536. The maximum Gasteiger partial charge on any atom is 0.379 e. The summed E-state index contributed by atoms with van der Waals surface area (Å²) in [7, 11) is 4.52. The lowest BCUT2D eigenvalue weighted by Crippen LogP contribution is -2.56. The Morgan fingerprint density at radius 2 is 1.62 bits per heavy atom. The second-order valence-electron chi connectivity index (χ2n) is 6.71. The van der Waals surface area contributed by atoms with Crippen molar-refractivity contribution >= 4 is 11.8 Å². The minimum atomic E-state index is -0.710. The molecule has 112 valence electrons. The second-order valence-corrected chi connectivity index (χ2v) is 6.71. The zero-order chi connectivity index (χ0) is 15.0. The predicted octanol–water partition coefficient (Wildman–Crippen LogP) is 2.18. The van der Waals surface area contributed by atoms with Gasteiger partial charge in [0.2, 0.25) is 0 Å². The third-order valence-electron chi connectivity index (χ3n) is 5.28. The molecule has 3 rings (SSSR count). The summed E-state index contributed by atoms with van der Waals surface area (Å²) >= 11 is 0. The lowest BCUT2D eigenvalue weighted by Gasteiger charge is -2.43. The summed E-state index contributed by atoms with van der Waals surface area (Å²) in [6.07, 6.45) is 4.03. The van der Waals surface area contributed by atoms with E-state index in [0.717, 1.165) is 17.3 Å². The van der Waals surface area contributed by atoms with Crippen LogP contribution in [0.4, 0.5) is 0 Å². The number of ether oxygens (including phenoxy) is 1. The number of Topliss-reactive ketones (excluding diaryl/α,β-unsaturated/α-hetero) is 1. The number of quaternary nitrogens is 1. The van der Waals surface area contributed by atoms with E-state index in [-0.39, 0.29) is 6.10 Å². The number of esters is 1. The van der Waals surface area contributed by atoms with Gasteiger partial charge in [-0.05, 0) is 0 Å². The lowest BCUT2D eigenvalue weighted by atomic mass is 9.98. The third kappa shape index (κ3) is 2.60. The fourth-order valence-corrected chi connectivity index (χ4v) is 3.84. The minimum absolute atomic E-state index is 0.103. The molecule has 2 unspecified atom stereocenters. The molecular formula is C17H22NO3+. The van der Waals surface area contributed by atoms with Crippen molar-refractivity contribution in [1.82, 2.24) is 0 Å². The molecule has 2 fully saturated rings. The number of fused-ring (bicyclic) bond motifs is 2. The molecule has 0 saturated carbocycles. The monoisotopic (exact) mass is 288 g/mol. The molecule has 2 aliphatic rings. The summed E-state index contributed by atoms with van der Waals surface area (Å²) in [5.74, 6) is -1.25. The number of piperidine rings is 1. The predicted molar refractivity (Wildman–Crippen MR) is 78.8 cm³/mol. The Balaban J connectivity index is 1.63. The highest BCUT2D eigenvalue weighted by Crippen LogP contribution is 2.40. The van der Waals surface area contributed by atoms with E-state index in [0.29, 0.717) is 17.6 Å². The van der Waals surface area contributed by atoms with E-state index in [1.54, 1.807) is 24.3 Å². The number of hydrogen-bond acceptors (Lipinski definition) is 3. The van der Waals surface area contributed by atoms with Crippen LogP contribution in [-0.4, -0.2) is 48.5 Å². The van der Waals surface area contributed by atoms with Crippen LogP contribution in [0.15, 0.2) is 30.3 Å². The SMILES string of the molecule is C[N+]1(C)C2CCC1CC(OC(=O)C(=O)c1ccccc1)C2. The van der Waals surface area contributed by atoms with Crippen LogP contribution in [0.5, 0.6) is 0 Å². The van der Waals surface area contributed by atoms with E-state index < -0.39 is 11.8 Å². The molecule has 0 amide bonds. The van der Waals surface area contributed by atoms with E-state index >= 15 is 0 Å². The zero-order valence-electron chi connectivity index (χ0n) is 12.6. The van der Waals surface area contributed by atoms with Gasteiger partial charge in [0, 0.05) is 31.2 Å². The van der Waals surface area contributed by atoms with Gasteiger partial charge in [-0.25, -0.2) is 4.79 Å². The highest BCUT2D eigenvalue weighted by molar-refractivity contribution is 6.40. The van der Waals surface area contributed by atoms with Crippen LogP contribution in [-0.2, 0) is 9.53 Å². The van der Waals surface area contributed by atoms with Crippen LogP contribution in [0.2, 0.25) is 0 Å². The summed E-state index contributed by atoms with van der Waals surface area (Å²) in [6.45, 7) is 0. The molecule has 4 nitrogen and oxygen atoms in total. The van der Waals surface area contributed by atoms with E-state index in [1.807, 2.05) is 6.07 Å². The summed E-state index contributed by atoms with van der Waals surface area (Å²) in [4.78, 5) is 24.1. The van der Waals surface area contributed by atoms with Crippen molar-refractivity contribution in [2.24, 2.45) is 0 Å². The summed E-state index contributed by atoms with van der Waals surface area (Å²) in [5.41, 5.74) is 0.400. The number of carbonyl (C=O) groups is 2. The Kier molecular flexibility index (Phi) is 3.57. The number of nitrogens with zero attached hydrogens (tertiary/aromatic N) is 1. The van der Waals surface area contributed by atoms with Crippen LogP contribution < -0.4 is 0 Å². The number of rotatable bonds is 3. The number of ketones is 1. The van der Waals surface area contributed by atoms with Crippen molar-refractivity contribution in [2.45, 2.75) is 43.9 Å². The van der Waals surface area contributed by atoms with Gasteiger partial charge in [0.15, 0.2) is 0 Å². The van der Waals surface area contributed by atoms with Crippen LogP contribution in [0.25, 0.3) is 0 Å². The fraction of sp³-hybridized carbons (Fsp3) is 0.529. The maximum absolute atomic E-state index is 12.0. The average Bonchev–Trinajstić information content (AvgIpc) is 2.67. The van der Waals surface area contributed by atoms with Crippen LogP contribution in [0.1, 0.15) is 36.0 Å². The lowest BCUT2D eigenvalue weighted by molar-refractivity contribution is -0.931. The molecule has 1 aromatic carbocycles. The van der Waals surface area contributed by atoms with Gasteiger partial charge < -0.3 is 9.22 Å². The van der Waals surface area contributed by atoms with Gasteiger partial charge in [0.25, 0.3) is 5.78 Å². The summed E-state index contributed by atoms with van der Waals surface area (Å²) in [6, 6.07) is 9.72. The molecule has 0 N–H and O–H groups in total. The maximum atomic E-state index is 12.0. The smallest absolute Gasteiger partial charge is 0.379 e. The van der Waals surface area contributed by atoms with E-state index in [2.05, 4.69) is 14.1 Å². The Hall–Kier alpha value is -1.68. The van der Waals surface area contributed by atoms with E-state index in [4.69, 9.17) is 4.74 Å². The number of benzene rings is 1. The highest BCUT2D eigenvalue weighted by atomic mass is 16.5. The molecule has 0 aliphatic carbocycles. The topological polar surface area (TPSA) is 43.4 Å². The zero-order valence-corrected chi connectivity index (χ0v) is 12.6. The normalized spacial score (nSPS) is 29.9. The molecule has 2 atom stereocenters. The summed E-state index contributed by atoms with van der Waals surface area (Å²) < 4.78 is 6.51. The Morgan fingerprint density at radius 1 is 1.05 bits per heavy atom. The molecule has 0 radical (unpaired) electrons. The number of hydrogen-bond donors (Lipinski definition) is 0. The molecule has 0 aromatic heterocycles. The molecule has 2 heterocycles. The van der Waals surface area contributed by atoms with Gasteiger partial charge >= 0.3 is 5.97 Å². The molecule has 0 spiro atoms. The van der Waals surface area contributed by atoms with Gasteiger partial charge in [-0.3, -0.25) is 4.79 Å². The molecule has 2 bridgehead atoms. The van der Waals surface area contributed by atoms with Gasteiger partial charge in [-0.2, -0.15) is 0 Å². The van der Waals surface area contributed by atoms with Crippen molar-refractivity contribution < 1.29 is 18.8 Å². The first kappa shape index (κ1) is 14.3. The third-order valence-corrected chi connectivity index (χ3v) is 5.28.